The molecule has 0 aliphatic rings. The summed E-state index contributed by atoms with van der Waals surface area (Å²) in [4.78, 5) is 0. The number of nitrogens with two attached hydrogens (primary N) is 1. The van der Waals surface area contributed by atoms with Crippen LogP contribution in [0.25, 0.3) is 10.9 Å². The molecule has 0 atom stereocenters. The van der Waals surface area contributed by atoms with E-state index in [4.69, 9.17) is 5.73 Å². The summed E-state index contributed by atoms with van der Waals surface area (Å²) >= 11 is 3.34. The van der Waals surface area contributed by atoms with E-state index in [1.165, 1.54) is 0 Å². The highest BCUT2D eigenvalue weighted by molar-refractivity contribution is 9.08. The number of hydrogen-bond donors (Lipinski definition) is 1. The number of aromatic nitrogens is 1. The smallest absolute Gasteiger partial charge is 0.114 e. The molecular formula is C8H7BrN2. The van der Waals surface area contributed by atoms with Crippen molar-refractivity contribution in [1.82, 2.24) is 3.59 Å². The molecule has 0 amide bonds. The number of rotatable bonds is 0. The van der Waals surface area contributed by atoms with Crippen molar-refractivity contribution in [3.63, 3.8) is 0 Å². The van der Waals surface area contributed by atoms with Crippen LogP contribution in [0.5, 0.6) is 0 Å². The van der Waals surface area contributed by atoms with Crippen LogP contribution in [0.15, 0.2) is 30.3 Å². The zero-order valence-electron chi connectivity index (χ0n) is 5.79. The Balaban J connectivity index is 2.92. The van der Waals surface area contributed by atoms with E-state index in [1.807, 2.05) is 30.3 Å². The van der Waals surface area contributed by atoms with Gasteiger partial charge in [-0.2, -0.15) is 0 Å². The third-order valence-corrected chi connectivity index (χ3v) is 2.47. The molecule has 3 heteroatoms. The minimum Gasteiger partial charge on any atom is -0.384 e. The van der Waals surface area contributed by atoms with E-state index in [9.17, 15) is 0 Å². The Kier molecular flexibility index (Phi) is 1.39. The van der Waals surface area contributed by atoms with Crippen molar-refractivity contribution in [3.8, 4) is 0 Å². The van der Waals surface area contributed by atoms with Gasteiger partial charge in [0.2, 0.25) is 0 Å². The van der Waals surface area contributed by atoms with E-state index in [2.05, 4.69) is 16.1 Å². The Morgan fingerprint density at radius 3 is 2.73 bits per heavy atom. The fourth-order valence-electron chi connectivity index (χ4n) is 1.14. The second kappa shape index (κ2) is 2.27. The van der Waals surface area contributed by atoms with Crippen LogP contribution in [0.3, 0.4) is 0 Å². The number of fused-ring (bicyclic) bond motifs is 1. The molecule has 2 rings (SSSR count). The van der Waals surface area contributed by atoms with Gasteiger partial charge >= 0.3 is 0 Å². The van der Waals surface area contributed by atoms with Gasteiger partial charge < -0.3 is 5.73 Å². The van der Waals surface area contributed by atoms with Gasteiger partial charge in [0.25, 0.3) is 0 Å². The fraction of sp³-hybridized carbons (Fsp3) is 0. The van der Waals surface area contributed by atoms with E-state index in [0.29, 0.717) is 0 Å². The zero-order chi connectivity index (χ0) is 7.84. The Morgan fingerprint density at radius 1 is 1.27 bits per heavy atom. The molecule has 2 nitrogen and oxygen atoms in total. The molecule has 0 bridgehead atoms. The van der Waals surface area contributed by atoms with Crippen molar-refractivity contribution in [2.75, 3.05) is 5.73 Å². The Morgan fingerprint density at radius 2 is 2.00 bits per heavy atom. The van der Waals surface area contributed by atoms with Gasteiger partial charge in [0.1, 0.15) is 5.82 Å². The third kappa shape index (κ3) is 0.922. The van der Waals surface area contributed by atoms with Gasteiger partial charge in [-0.15, -0.1) is 0 Å². The lowest BCUT2D eigenvalue weighted by atomic mass is 10.3. The van der Waals surface area contributed by atoms with Gasteiger partial charge in [0.15, 0.2) is 0 Å². The fourth-order valence-corrected chi connectivity index (χ4v) is 1.57. The maximum atomic E-state index is 5.67. The van der Waals surface area contributed by atoms with Crippen molar-refractivity contribution in [2.45, 2.75) is 0 Å². The lowest BCUT2D eigenvalue weighted by Crippen LogP contribution is -1.88. The van der Waals surface area contributed by atoms with E-state index in [-0.39, 0.29) is 0 Å². The van der Waals surface area contributed by atoms with Crippen LogP contribution in [0.1, 0.15) is 0 Å². The lowest BCUT2D eigenvalue weighted by molar-refractivity contribution is 1.39. The Labute approximate surface area is 72.9 Å². The molecule has 0 saturated carbocycles. The summed E-state index contributed by atoms with van der Waals surface area (Å²) in [7, 11) is 0. The van der Waals surface area contributed by atoms with Crippen LogP contribution >= 0.6 is 16.1 Å². The van der Waals surface area contributed by atoms with E-state index >= 15 is 0 Å². The monoisotopic (exact) mass is 210 g/mol. The number of nitrogen functional groups attached to an aromatic ring is 1. The van der Waals surface area contributed by atoms with Gasteiger partial charge in [-0.25, -0.2) is 0 Å². The maximum absolute atomic E-state index is 5.67. The molecule has 0 aliphatic heterocycles. The van der Waals surface area contributed by atoms with Crippen LogP contribution in [0.2, 0.25) is 0 Å². The van der Waals surface area contributed by atoms with Crippen molar-refractivity contribution >= 4 is 32.9 Å². The predicted octanol–water partition coefficient (Wildman–Crippen LogP) is 2.38. The molecule has 0 saturated heterocycles. The average molecular weight is 211 g/mol. The first-order chi connectivity index (χ1) is 5.29. The largest absolute Gasteiger partial charge is 0.384 e. The summed E-state index contributed by atoms with van der Waals surface area (Å²) < 4.78 is 1.79. The van der Waals surface area contributed by atoms with E-state index < -0.39 is 0 Å². The average Bonchev–Trinajstić information content (AvgIpc) is 2.30. The molecule has 0 radical (unpaired) electrons. The third-order valence-electron chi connectivity index (χ3n) is 1.68. The molecule has 1 aromatic heterocycles. The minimum atomic E-state index is 0.728. The summed E-state index contributed by atoms with van der Waals surface area (Å²) in [6, 6.07) is 9.96. The summed E-state index contributed by atoms with van der Waals surface area (Å²) in [5, 5.41) is 1.15. The molecule has 11 heavy (non-hydrogen) atoms. The number of halogens is 1. The second-order valence-corrected chi connectivity index (χ2v) is 3.12. The highest BCUT2D eigenvalue weighted by atomic mass is 79.9. The SMILES string of the molecule is Nc1cc2ccccc2n1Br. The summed E-state index contributed by atoms with van der Waals surface area (Å²) in [6.45, 7) is 0. The van der Waals surface area contributed by atoms with Gasteiger partial charge in [-0.3, -0.25) is 3.59 Å². The van der Waals surface area contributed by atoms with Gasteiger partial charge in [-0.05, 0) is 12.1 Å². The molecule has 0 fully saturated rings. The summed E-state index contributed by atoms with van der Waals surface area (Å²) in [5.74, 6) is 0.728. The zero-order valence-corrected chi connectivity index (χ0v) is 7.38. The van der Waals surface area contributed by atoms with Crippen LogP contribution < -0.4 is 5.73 Å². The standard InChI is InChI=1S/C8H7BrN2/c9-11-7-4-2-1-3-6(7)5-8(11)10/h1-5H,10H2. The molecule has 56 valence electrons. The molecular weight excluding hydrogens is 204 g/mol. The highest BCUT2D eigenvalue weighted by Gasteiger charge is 2.00. The van der Waals surface area contributed by atoms with Gasteiger partial charge in [0.05, 0.1) is 21.7 Å². The minimum absolute atomic E-state index is 0.728. The second-order valence-electron chi connectivity index (χ2n) is 2.41. The maximum Gasteiger partial charge on any atom is 0.114 e. The summed E-state index contributed by atoms with van der Waals surface area (Å²) in [6.07, 6.45) is 0. The van der Waals surface area contributed by atoms with Crippen LogP contribution in [-0.4, -0.2) is 3.59 Å². The van der Waals surface area contributed by atoms with Gasteiger partial charge in [0, 0.05) is 5.39 Å². The van der Waals surface area contributed by atoms with Crippen LogP contribution in [-0.2, 0) is 0 Å². The first-order valence-electron chi connectivity index (χ1n) is 3.31. The normalized spacial score (nSPS) is 10.6. The topological polar surface area (TPSA) is 30.9 Å². The predicted molar refractivity (Wildman–Crippen MR) is 50.7 cm³/mol. The Bertz CT molecular complexity index is 392. The van der Waals surface area contributed by atoms with E-state index in [1.54, 1.807) is 3.59 Å². The quantitative estimate of drug-likeness (QED) is 0.712. The van der Waals surface area contributed by atoms with E-state index in [0.717, 1.165) is 16.7 Å². The molecule has 0 spiro atoms. The molecule has 1 heterocycles. The van der Waals surface area contributed by atoms with Crippen LogP contribution in [0, 0.1) is 0 Å². The number of hydrogen-bond acceptors (Lipinski definition) is 1. The van der Waals surface area contributed by atoms with Gasteiger partial charge in [-0.1, -0.05) is 18.2 Å². The van der Waals surface area contributed by atoms with Crippen molar-refractivity contribution < 1.29 is 0 Å². The Hall–Kier alpha value is -0.960. The van der Waals surface area contributed by atoms with Crippen LogP contribution in [0.4, 0.5) is 5.82 Å². The van der Waals surface area contributed by atoms with Crippen molar-refractivity contribution in [1.29, 1.82) is 0 Å². The first-order valence-corrected chi connectivity index (χ1v) is 4.02. The highest BCUT2D eigenvalue weighted by Crippen LogP contribution is 2.22. The lowest BCUT2D eigenvalue weighted by Gasteiger charge is -1.93. The van der Waals surface area contributed by atoms with Crippen molar-refractivity contribution in [2.24, 2.45) is 0 Å². The van der Waals surface area contributed by atoms with Crippen molar-refractivity contribution in [3.05, 3.63) is 30.3 Å². The summed E-state index contributed by atoms with van der Waals surface area (Å²) in [5.41, 5.74) is 6.77. The molecule has 2 N–H and O–H groups in total. The molecule has 0 unspecified atom stereocenters. The number of anilines is 1. The number of nitrogens with zero attached hydrogens (tertiary/aromatic N) is 1. The molecule has 0 aliphatic carbocycles. The number of benzene rings is 1. The number of para-hydroxylation sites is 1. The first kappa shape index (κ1) is 6.73. The molecule has 1 aromatic carbocycles. The molecule has 2 aromatic rings.